The third-order valence-electron chi connectivity index (χ3n) is 3.41. The molecule has 29 heavy (non-hydrogen) atoms. The maximum atomic E-state index is 12.7. The van der Waals surface area contributed by atoms with Crippen molar-refractivity contribution < 1.29 is 42.3 Å². The fourth-order valence-corrected chi connectivity index (χ4v) is 2.24. The number of nitrogens with zero attached hydrogens (tertiary/aromatic N) is 1. The average Bonchev–Trinajstić information content (AvgIpc) is 2.62. The van der Waals surface area contributed by atoms with Crippen molar-refractivity contribution in [2.75, 3.05) is 0 Å². The molecular weight excluding hydrogens is 423 g/mol. The lowest BCUT2D eigenvalue weighted by Gasteiger charge is -2.12. The summed E-state index contributed by atoms with van der Waals surface area (Å²) in [4.78, 5) is 33.6. The number of esters is 2. The van der Waals surface area contributed by atoms with Crippen LogP contribution in [0.5, 0.6) is 11.5 Å². The Kier molecular flexibility index (Phi) is 6.44. The van der Waals surface area contributed by atoms with Gasteiger partial charge < -0.3 is 14.6 Å². The highest BCUT2D eigenvalue weighted by Gasteiger charge is 2.31. The van der Waals surface area contributed by atoms with Crippen LogP contribution in [0.2, 0.25) is 5.02 Å². The molecular formula is C17H11ClF3NO7. The Labute approximate surface area is 165 Å². The van der Waals surface area contributed by atoms with Crippen LogP contribution in [0, 0.1) is 10.1 Å². The normalized spacial score (nSPS) is 12.2. The number of halogens is 4. The summed E-state index contributed by atoms with van der Waals surface area (Å²) in [5.41, 5.74) is -2.41. The Balaban J connectivity index is 2.37. The van der Waals surface area contributed by atoms with Crippen molar-refractivity contribution in [2.24, 2.45) is 0 Å². The van der Waals surface area contributed by atoms with Crippen LogP contribution in [-0.4, -0.2) is 28.1 Å². The minimum absolute atomic E-state index is 0.200. The number of hydrogen-bond acceptors (Lipinski definition) is 7. The Hall–Kier alpha value is -3.18. The summed E-state index contributed by atoms with van der Waals surface area (Å²) in [5.74, 6) is -3.17. The van der Waals surface area contributed by atoms with E-state index in [4.69, 9.17) is 21.4 Å². The average molecular weight is 434 g/mol. The number of aliphatic hydroxyl groups excluding tert-OH is 1. The highest BCUT2D eigenvalue weighted by molar-refractivity contribution is 6.32. The molecule has 0 heterocycles. The third-order valence-corrected chi connectivity index (χ3v) is 3.70. The van der Waals surface area contributed by atoms with Crippen LogP contribution in [-0.2, 0) is 15.7 Å². The highest BCUT2D eigenvalue weighted by Crippen LogP contribution is 2.37. The Morgan fingerprint density at radius 1 is 1.21 bits per heavy atom. The third kappa shape index (κ3) is 5.42. The molecule has 0 aliphatic carbocycles. The summed E-state index contributed by atoms with van der Waals surface area (Å²) in [6, 6.07) is 5.06. The summed E-state index contributed by atoms with van der Waals surface area (Å²) in [6.45, 7) is 1.02. The van der Waals surface area contributed by atoms with E-state index in [1.165, 1.54) is 0 Å². The molecule has 8 nitrogen and oxygen atoms in total. The number of nitro benzene ring substituents is 1. The van der Waals surface area contributed by atoms with E-state index >= 15 is 0 Å². The molecule has 1 N–H and O–H groups in total. The van der Waals surface area contributed by atoms with Crippen molar-refractivity contribution in [2.45, 2.75) is 19.2 Å². The van der Waals surface area contributed by atoms with Crippen LogP contribution in [0.1, 0.15) is 22.8 Å². The van der Waals surface area contributed by atoms with Gasteiger partial charge in [0, 0.05) is 12.1 Å². The number of nitro groups is 1. The van der Waals surface area contributed by atoms with E-state index in [9.17, 15) is 32.9 Å². The van der Waals surface area contributed by atoms with Crippen molar-refractivity contribution >= 4 is 29.2 Å². The summed E-state index contributed by atoms with van der Waals surface area (Å²) < 4.78 is 47.7. The van der Waals surface area contributed by atoms with E-state index in [1.54, 1.807) is 0 Å². The lowest BCUT2D eigenvalue weighted by atomic mass is 10.1. The van der Waals surface area contributed by atoms with Gasteiger partial charge in [0.1, 0.15) is 23.2 Å². The molecule has 0 spiro atoms. The van der Waals surface area contributed by atoms with Crippen molar-refractivity contribution in [1.29, 1.82) is 0 Å². The second-order valence-corrected chi connectivity index (χ2v) is 5.97. The van der Waals surface area contributed by atoms with Crippen molar-refractivity contribution in [3.8, 4) is 11.5 Å². The molecule has 0 saturated heterocycles. The van der Waals surface area contributed by atoms with Gasteiger partial charge in [0.05, 0.1) is 15.5 Å². The molecule has 0 aliphatic heterocycles. The predicted octanol–water partition coefficient (Wildman–Crippen LogP) is 4.12. The largest absolute Gasteiger partial charge is 0.456 e. The van der Waals surface area contributed by atoms with Crippen LogP contribution in [0.3, 0.4) is 0 Å². The first-order valence-corrected chi connectivity index (χ1v) is 8.05. The van der Waals surface area contributed by atoms with E-state index in [0.29, 0.717) is 12.1 Å². The van der Waals surface area contributed by atoms with Gasteiger partial charge in [-0.05, 0) is 31.2 Å². The zero-order valence-corrected chi connectivity index (χ0v) is 15.2. The second kappa shape index (κ2) is 8.45. The van der Waals surface area contributed by atoms with Gasteiger partial charge in [0.15, 0.2) is 0 Å². The smallest absolute Gasteiger partial charge is 0.416 e. The molecule has 1 atom stereocenters. The van der Waals surface area contributed by atoms with Crippen LogP contribution in [0.25, 0.3) is 0 Å². The van der Waals surface area contributed by atoms with E-state index < -0.39 is 51.0 Å². The van der Waals surface area contributed by atoms with Crippen molar-refractivity contribution in [1.82, 2.24) is 0 Å². The number of alkyl halides is 3. The van der Waals surface area contributed by atoms with Crippen LogP contribution < -0.4 is 4.74 Å². The van der Waals surface area contributed by atoms with Gasteiger partial charge in [-0.25, -0.2) is 9.59 Å². The van der Waals surface area contributed by atoms with Gasteiger partial charge in [-0.3, -0.25) is 10.1 Å². The molecule has 0 aromatic heterocycles. The summed E-state index contributed by atoms with van der Waals surface area (Å²) in [6.07, 6.45) is -6.27. The Morgan fingerprint density at radius 3 is 2.38 bits per heavy atom. The molecule has 12 heteroatoms. The lowest BCUT2D eigenvalue weighted by Crippen LogP contribution is -2.23. The lowest BCUT2D eigenvalue weighted by molar-refractivity contribution is -0.385. The van der Waals surface area contributed by atoms with E-state index in [0.717, 1.165) is 31.2 Å². The fraction of sp³-hybridized carbons (Fsp3) is 0.176. The summed E-state index contributed by atoms with van der Waals surface area (Å²) >= 11 is 5.78. The van der Waals surface area contributed by atoms with Gasteiger partial charge in [-0.1, -0.05) is 11.6 Å². The SMILES string of the molecule is CC(O)C(=O)OC(=O)c1cc(Oc2ccc(C(F)(F)F)cc2Cl)ccc1[N+](=O)[O-]. The number of aliphatic hydroxyl groups is 1. The minimum atomic E-state index is -4.62. The maximum Gasteiger partial charge on any atom is 0.416 e. The fourth-order valence-electron chi connectivity index (χ4n) is 2.02. The van der Waals surface area contributed by atoms with Gasteiger partial charge >= 0.3 is 18.1 Å². The molecule has 1 unspecified atom stereocenters. The predicted molar refractivity (Wildman–Crippen MR) is 91.7 cm³/mol. The molecule has 2 aromatic carbocycles. The first-order chi connectivity index (χ1) is 13.4. The summed E-state index contributed by atoms with van der Waals surface area (Å²) in [7, 11) is 0. The molecule has 0 bridgehead atoms. The van der Waals surface area contributed by atoms with Gasteiger partial charge in [0.25, 0.3) is 5.69 Å². The molecule has 0 saturated carbocycles. The molecule has 0 amide bonds. The van der Waals surface area contributed by atoms with Crippen LogP contribution >= 0.6 is 11.6 Å². The standard InChI is InChI=1S/C17H11ClF3NO7/c1-8(23)15(24)29-16(25)11-7-10(3-4-13(11)22(26)27)28-14-5-2-9(6-12(14)18)17(19,20)21/h2-8,23H,1H3. The zero-order valence-electron chi connectivity index (χ0n) is 14.4. The molecule has 0 radical (unpaired) electrons. The number of rotatable bonds is 5. The number of carbonyl (C=O) groups excluding carboxylic acids is 2. The quantitative estimate of drug-likeness (QED) is 0.326. The summed E-state index contributed by atoms with van der Waals surface area (Å²) in [5, 5.41) is 19.8. The van der Waals surface area contributed by atoms with Gasteiger partial charge in [-0.15, -0.1) is 0 Å². The number of benzene rings is 2. The zero-order chi connectivity index (χ0) is 21.9. The number of ether oxygens (including phenoxy) is 2. The van der Waals surface area contributed by atoms with Gasteiger partial charge in [-0.2, -0.15) is 13.2 Å². The Morgan fingerprint density at radius 2 is 1.86 bits per heavy atom. The van der Waals surface area contributed by atoms with Crippen LogP contribution in [0.4, 0.5) is 18.9 Å². The second-order valence-electron chi connectivity index (χ2n) is 5.57. The number of carbonyl (C=O) groups is 2. The first kappa shape index (κ1) is 22.1. The minimum Gasteiger partial charge on any atom is -0.456 e. The monoisotopic (exact) mass is 433 g/mol. The van der Waals surface area contributed by atoms with Gasteiger partial charge in [0.2, 0.25) is 0 Å². The molecule has 0 fully saturated rings. The highest BCUT2D eigenvalue weighted by atomic mass is 35.5. The maximum absolute atomic E-state index is 12.7. The van der Waals surface area contributed by atoms with Crippen molar-refractivity contribution in [3.63, 3.8) is 0 Å². The van der Waals surface area contributed by atoms with E-state index in [-0.39, 0.29) is 11.5 Å². The molecule has 0 aliphatic rings. The van der Waals surface area contributed by atoms with E-state index in [2.05, 4.69) is 4.74 Å². The van der Waals surface area contributed by atoms with Crippen molar-refractivity contribution in [3.05, 3.63) is 62.7 Å². The molecule has 2 rings (SSSR count). The molecule has 154 valence electrons. The van der Waals surface area contributed by atoms with Crippen LogP contribution in [0.15, 0.2) is 36.4 Å². The topological polar surface area (TPSA) is 116 Å². The van der Waals surface area contributed by atoms with E-state index in [1.807, 2.05) is 0 Å². The first-order valence-electron chi connectivity index (χ1n) is 7.67. The molecule has 2 aromatic rings. The Bertz CT molecular complexity index is 976. The number of hydrogen-bond donors (Lipinski definition) is 1.